The van der Waals surface area contributed by atoms with E-state index in [0.29, 0.717) is 11.3 Å². The first-order valence-electron chi connectivity index (χ1n) is 3.51. The molecular formula is C7H11N3O2. The van der Waals surface area contributed by atoms with Crippen LogP contribution in [0.25, 0.3) is 0 Å². The van der Waals surface area contributed by atoms with Crippen LogP contribution in [0.1, 0.15) is 16.1 Å². The van der Waals surface area contributed by atoms with Gasteiger partial charge in [-0.1, -0.05) is 5.16 Å². The second-order valence-electron chi connectivity index (χ2n) is 2.63. The first-order valence-corrected chi connectivity index (χ1v) is 3.51. The Hall–Kier alpha value is -1.36. The molecule has 12 heavy (non-hydrogen) atoms. The van der Waals surface area contributed by atoms with Crippen LogP contribution in [0.15, 0.2) is 10.7 Å². The first-order chi connectivity index (χ1) is 5.61. The minimum Gasteiger partial charge on any atom is -0.361 e. The number of nitrogens with zero attached hydrogens (tertiary/aromatic N) is 2. The predicted molar refractivity (Wildman–Crippen MR) is 42.4 cm³/mol. The van der Waals surface area contributed by atoms with Crippen molar-refractivity contribution in [2.45, 2.75) is 6.92 Å². The molecular weight excluding hydrogens is 158 g/mol. The molecule has 1 rings (SSSR count). The summed E-state index contributed by atoms with van der Waals surface area (Å²) in [4.78, 5) is 11.3. The van der Waals surface area contributed by atoms with Gasteiger partial charge in [0.05, 0.1) is 6.20 Å². The first kappa shape index (κ1) is 8.73. The Morgan fingerprint density at radius 3 is 2.75 bits per heavy atom. The summed E-state index contributed by atoms with van der Waals surface area (Å²) < 4.78 is 4.74. The molecule has 1 heterocycles. The molecule has 5 nitrogen and oxygen atoms in total. The van der Waals surface area contributed by atoms with Crippen LogP contribution in [0.2, 0.25) is 0 Å². The van der Waals surface area contributed by atoms with Crippen LogP contribution < -0.4 is 5.43 Å². The van der Waals surface area contributed by atoms with Gasteiger partial charge in [-0.05, 0) is 6.92 Å². The summed E-state index contributed by atoms with van der Waals surface area (Å²) in [5.41, 5.74) is 3.04. The average molecular weight is 169 g/mol. The van der Waals surface area contributed by atoms with E-state index in [0.717, 1.165) is 0 Å². The molecule has 0 aromatic carbocycles. The van der Waals surface area contributed by atoms with Crippen molar-refractivity contribution in [3.8, 4) is 0 Å². The number of hydrazine groups is 1. The van der Waals surface area contributed by atoms with E-state index >= 15 is 0 Å². The summed E-state index contributed by atoms with van der Waals surface area (Å²) in [6.07, 6.45) is 1.40. The molecule has 0 aliphatic rings. The number of carbonyl (C=O) groups is 1. The zero-order chi connectivity index (χ0) is 9.14. The monoisotopic (exact) mass is 169 g/mol. The van der Waals surface area contributed by atoms with Crippen molar-refractivity contribution in [3.05, 3.63) is 17.5 Å². The van der Waals surface area contributed by atoms with Crippen LogP contribution in [-0.2, 0) is 0 Å². The van der Waals surface area contributed by atoms with Gasteiger partial charge in [-0.3, -0.25) is 10.2 Å². The zero-order valence-electron chi connectivity index (χ0n) is 7.29. The lowest BCUT2D eigenvalue weighted by Crippen LogP contribution is -2.36. The van der Waals surface area contributed by atoms with E-state index in [1.165, 1.54) is 6.20 Å². The van der Waals surface area contributed by atoms with Gasteiger partial charge in [0, 0.05) is 14.1 Å². The summed E-state index contributed by atoms with van der Waals surface area (Å²) in [6, 6.07) is 0. The number of amides is 1. The summed E-state index contributed by atoms with van der Waals surface area (Å²) >= 11 is 0. The standard InChI is InChI=1S/C7H11N3O2/c1-5-6(4-8-12-5)7(11)9-10(2)3/h4H,1-3H3,(H,9,11). The van der Waals surface area contributed by atoms with Crippen LogP contribution in [0.4, 0.5) is 0 Å². The maximum atomic E-state index is 11.3. The quantitative estimate of drug-likeness (QED) is 0.642. The minimum atomic E-state index is -0.209. The number of rotatable bonds is 2. The highest BCUT2D eigenvalue weighted by Gasteiger charge is 2.12. The van der Waals surface area contributed by atoms with Crippen molar-refractivity contribution in [2.24, 2.45) is 0 Å². The van der Waals surface area contributed by atoms with Gasteiger partial charge < -0.3 is 4.52 Å². The van der Waals surface area contributed by atoms with E-state index in [9.17, 15) is 4.79 Å². The van der Waals surface area contributed by atoms with Crippen molar-refractivity contribution in [2.75, 3.05) is 14.1 Å². The van der Waals surface area contributed by atoms with E-state index in [2.05, 4.69) is 10.6 Å². The van der Waals surface area contributed by atoms with Gasteiger partial charge >= 0.3 is 0 Å². The van der Waals surface area contributed by atoms with Crippen molar-refractivity contribution in [1.29, 1.82) is 0 Å². The van der Waals surface area contributed by atoms with Crippen molar-refractivity contribution < 1.29 is 9.32 Å². The Labute approximate surface area is 70.3 Å². The third kappa shape index (κ3) is 1.82. The van der Waals surface area contributed by atoms with Crippen LogP contribution in [0, 0.1) is 6.92 Å². The highest BCUT2D eigenvalue weighted by atomic mass is 16.5. The molecule has 0 bridgehead atoms. The highest BCUT2D eigenvalue weighted by Crippen LogP contribution is 2.04. The van der Waals surface area contributed by atoms with Crippen molar-refractivity contribution in [3.63, 3.8) is 0 Å². The van der Waals surface area contributed by atoms with Crippen LogP contribution in [-0.4, -0.2) is 30.2 Å². The number of hydrogen-bond acceptors (Lipinski definition) is 4. The van der Waals surface area contributed by atoms with Crippen molar-refractivity contribution >= 4 is 5.91 Å². The van der Waals surface area contributed by atoms with Crippen LogP contribution in [0.5, 0.6) is 0 Å². The normalized spacial score (nSPS) is 10.3. The second kappa shape index (κ2) is 3.36. The lowest BCUT2D eigenvalue weighted by atomic mass is 10.3. The molecule has 1 N–H and O–H groups in total. The SMILES string of the molecule is Cc1oncc1C(=O)NN(C)C. The Morgan fingerprint density at radius 2 is 2.33 bits per heavy atom. The van der Waals surface area contributed by atoms with Crippen LogP contribution in [0.3, 0.4) is 0 Å². The Bertz CT molecular complexity index is 280. The lowest BCUT2D eigenvalue weighted by Gasteiger charge is -2.10. The van der Waals surface area contributed by atoms with Gasteiger partial charge in [-0.2, -0.15) is 0 Å². The maximum absolute atomic E-state index is 11.3. The highest BCUT2D eigenvalue weighted by molar-refractivity contribution is 5.94. The maximum Gasteiger partial charge on any atom is 0.270 e. The molecule has 0 atom stereocenters. The molecule has 0 spiro atoms. The molecule has 0 saturated carbocycles. The fraction of sp³-hybridized carbons (Fsp3) is 0.429. The fourth-order valence-corrected chi connectivity index (χ4v) is 0.780. The number of nitrogens with one attached hydrogen (secondary N) is 1. The summed E-state index contributed by atoms with van der Waals surface area (Å²) in [7, 11) is 3.47. The number of carbonyl (C=O) groups excluding carboxylic acids is 1. The molecule has 0 unspecified atom stereocenters. The van der Waals surface area contributed by atoms with E-state index in [1.54, 1.807) is 26.0 Å². The molecule has 1 aromatic rings. The molecule has 1 aromatic heterocycles. The largest absolute Gasteiger partial charge is 0.361 e. The van der Waals surface area contributed by atoms with Gasteiger partial charge in [0.15, 0.2) is 0 Å². The molecule has 0 aliphatic heterocycles. The van der Waals surface area contributed by atoms with Crippen LogP contribution >= 0.6 is 0 Å². The smallest absolute Gasteiger partial charge is 0.270 e. The molecule has 0 aliphatic carbocycles. The van der Waals surface area contributed by atoms with E-state index < -0.39 is 0 Å². The van der Waals surface area contributed by atoms with Gasteiger partial charge in [0.25, 0.3) is 5.91 Å². The molecule has 0 fully saturated rings. The molecule has 1 amide bonds. The number of aryl methyl sites for hydroxylation is 1. The number of hydrogen-bond donors (Lipinski definition) is 1. The third-order valence-corrected chi connectivity index (χ3v) is 1.32. The van der Waals surface area contributed by atoms with E-state index in [-0.39, 0.29) is 5.91 Å². The summed E-state index contributed by atoms with van der Waals surface area (Å²) in [5, 5.41) is 5.06. The zero-order valence-corrected chi connectivity index (χ0v) is 7.29. The second-order valence-corrected chi connectivity index (χ2v) is 2.63. The molecule has 0 saturated heterocycles. The van der Waals surface area contributed by atoms with Gasteiger partial charge in [0.2, 0.25) is 0 Å². The van der Waals surface area contributed by atoms with Gasteiger partial charge in [-0.15, -0.1) is 0 Å². The Morgan fingerprint density at radius 1 is 1.67 bits per heavy atom. The van der Waals surface area contributed by atoms with Gasteiger partial charge in [0.1, 0.15) is 11.3 Å². The Kier molecular flexibility index (Phi) is 2.44. The summed E-state index contributed by atoms with van der Waals surface area (Å²) in [6.45, 7) is 1.69. The van der Waals surface area contributed by atoms with E-state index in [4.69, 9.17) is 4.52 Å². The average Bonchev–Trinajstić information content (AvgIpc) is 2.33. The lowest BCUT2D eigenvalue weighted by molar-refractivity contribution is 0.0855. The molecule has 5 heteroatoms. The third-order valence-electron chi connectivity index (χ3n) is 1.32. The number of aromatic nitrogens is 1. The minimum absolute atomic E-state index is 0.209. The molecule has 0 radical (unpaired) electrons. The summed E-state index contributed by atoms with van der Waals surface area (Å²) in [5.74, 6) is 0.313. The van der Waals surface area contributed by atoms with E-state index in [1.807, 2.05) is 0 Å². The predicted octanol–water partition coefficient (Wildman–Crippen LogP) is 0.189. The molecule has 66 valence electrons. The Balaban J connectivity index is 2.72. The van der Waals surface area contributed by atoms with Gasteiger partial charge in [-0.25, -0.2) is 5.01 Å². The van der Waals surface area contributed by atoms with Crippen molar-refractivity contribution in [1.82, 2.24) is 15.6 Å². The fourth-order valence-electron chi connectivity index (χ4n) is 0.780. The topological polar surface area (TPSA) is 58.4 Å².